The van der Waals surface area contributed by atoms with E-state index < -0.39 is 0 Å². The SMILES string of the molecule is Cc1cc(C)cc(C2CCCN2C(=O)c2ccc(NC(=O)c3ccco3)s2)c1. The zero-order valence-corrected chi connectivity index (χ0v) is 16.7. The second kappa shape index (κ2) is 7.64. The minimum atomic E-state index is -0.319. The lowest BCUT2D eigenvalue weighted by Crippen LogP contribution is -2.30. The molecule has 0 aliphatic carbocycles. The summed E-state index contributed by atoms with van der Waals surface area (Å²) in [6.45, 7) is 4.93. The molecular weight excluding hydrogens is 372 g/mol. The fourth-order valence-electron chi connectivity index (χ4n) is 3.80. The Balaban J connectivity index is 1.51. The van der Waals surface area contributed by atoms with Crippen molar-refractivity contribution in [3.8, 4) is 0 Å². The summed E-state index contributed by atoms with van der Waals surface area (Å²) in [7, 11) is 0. The van der Waals surface area contributed by atoms with Crippen LogP contribution in [-0.4, -0.2) is 23.3 Å². The van der Waals surface area contributed by atoms with Gasteiger partial charge in [-0.3, -0.25) is 9.59 Å². The van der Waals surface area contributed by atoms with E-state index in [1.54, 1.807) is 24.3 Å². The van der Waals surface area contributed by atoms with E-state index >= 15 is 0 Å². The van der Waals surface area contributed by atoms with E-state index in [1.807, 2.05) is 4.90 Å². The van der Waals surface area contributed by atoms with E-state index in [0.29, 0.717) is 9.88 Å². The molecule has 1 aromatic carbocycles. The third-order valence-electron chi connectivity index (χ3n) is 4.94. The Kier molecular flexibility index (Phi) is 5.05. The van der Waals surface area contributed by atoms with E-state index in [2.05, 4.69) is 37.4 Å². The van der Waals surface area contributed by atoms with Crippen LogP contribution < -0.4 is 5.32 Å². The molecule has 1 atom stereocenters. The maximum Gasteiger partial charge on any atom is 0.291 e. The summed E-state index contributed by atoms with van der Waals surface area (Å²) in [6, 6.07) is 13.4. The third-order valence-corrected chi connectivity index (χ3v) is 5.93. The fourth-order valence-corrected chi connectivity index (χ4v) is 4.66. The smallest absolute Gasteiger partial charge is 0.291 e. The highest BCUT2D eigenvalue weighted by Crippen LogP contribution is 2.35. The monoisotopic (exact) mass is 394 g/mol. The first-order valence-electron chi connectivity index (χ1n) is 9.35. The lowest BCUT2D eigenvalue weighted by molar-refractivity contribution is 0.0740. The highest BCUT2D eigenvalue weighted by atomic mass is 32.1. The van der Waals surface area contributed by atoms with Crippen molar-refractivity contribution in [2.75, 3.05) is 11.9 Å². The van der Waals surface area contributed by atoms with Crippen molar-refractivity contribution in [1.82, 2.24) is 4.90 Å². The number of benzene rings is 1. The number of nitrogens with zero attached hydrogens (tertiary/aromatic N) is 1. The molecule has 1 fully saturated rings. The van der Waals surface area contributed by atoms with E-state index in [4.69, 9.17) is 4.42 Å². The van der Waals surface area contributed by atoms with Gasteiger partial charge in [-0.15, -0.1) is 11.3 Å². The van der Waals surface area contributed by atoms with Crippen LogP contribution >= 0.6 is 11.3 Å². The number of carbonyl (C=O) groups is 2. The Morgan fingerprint density at radius 2 is 1.93 bits per heavy atom. The molecule has 2 amide bonds. The van der Waals surface area contributed by atoms with Gasteiger partial charge in [0.05, 0.1) is 22.2 Å². The van der Waals surface area contributed by atoms with Crippen molar-refractivity contribution in [2.24, 2.45) is 0 Å². The number of rotatable bonds is 4. The second-order valence-electron chi connectivity index (χ2n) is 7.17. The van der Waals surface area contributed by atoms with Crippen LogP contribution in [0.25, 0.3) is 0 Å². The fraction of sp³-hybridized carbons (Fsp3) is 0.273. The number of hydrogen-bond acceptors (Lipinski definition) is 4. The molecule has 0 radical (unpaired) electrons. The van der Waals surface area contributed by atoms with E-state index in [-0.39, 0.29) is 23.6 Å². The number of hydrogen-bond donors (Lipinski definition) is 1. The molecular formula is C22H22N2O3S. The maximum absolute atomic E-state index is 13.1. The number of aryl methyl sites for hydroxylation is 2. The number of furan rings is 1. The van der Waals surface area contributed by atoms with Crippen molar-refractivity contribution in [3.63, 3.8) is 0 Å². The lowest BCUT2D eigenvalue weighted by atomic mass is 9.99. The van der Waals surface area contributed by atoms with Gasteiger partial charge in [-0.1, -0.05) is 29.3 Å². The Labute approximate surface area is 168 Å². The molecule has 0 spiro atoms. The molecule has 6 heteroatoms. The zero-order valence-electron chi connectivity index (χ0n) is 15.9. The molecule has 3 aromatic rings. The van der Waals surface area contributed by atoms with Gasteiger partial charge in [-0.2, -0.15) is 0 Å². The molecule has 1 aliphatic heterocycles. The molecule has 1 N–H and O–H groups in total. The molecule has 4 rings (SSSR count). The molecule has 1 unspecified atom stereocenters. The average molecular weight is 394 g/mol. The molecule has 2 aromatic heterocycles. The predicted octanol–water partition coefficient (Wildman–Crippen LogP) is 5.19. The number of carbonyl (C=O) groups excluding carboxylic acids is 2. The zero-order chi connectivity index (χ0) is 19.7. The summed E-state index contributed by atoms with van der Waals surface area (Å²) < 4.78 is 5.10. The molecule has 144 valence electrons. The number of likely N-dealkylation sites (tertiary alicyclic amines) is 1. The molecule has 1 aliphatic rings. The van der Waals surface area contributed by atoms with Gasteiger partial charge in [0.15, 0.2) is 5.76 Å². The van der Waals surface area contributed by atoms with Crippen LogP contribution in [0.15, 0.2) is 53.1 Å². The van der Waals surface area contributed by atoms with Crippen molar-refractivity contribution in [3.05, 3.63) is 76.1 Å². The molecule has 5 nitrogen and oxygen atoms in total. The first-order chi connectivity index (χ1) is 13.5. The van der Waals surface area contributed by atoms with Crippen molar-refractivity contribution in [1.29, 1.82) is 0 Å². The van der Waals surface area contributed by atoms with Gasteiger partial charge in [0.25, 0.3) is 11.8 Å². The number of amides is 2. The van der Waals surface area contributed by atoms with E-state index in [9.17, 15) is 9.59 Å². The minimum absolute atomic E-state index is 0.0187. The lowest BCUT2D eigenvalue weighted by Gasteiger charge is -2.25. The van der Waals surface area contributed by atoms with Crippen LogP contribution in [0, 0.1) is 13.8 Å². The molecule has 28 heavy (non-hydrogen) atoms. The molecule has 1 saturated heterocycles. The summed E-state index contributed by atoms with van der Waals surface area (Å²) >= 11 is 1.29. The van der Waals surface area contributed by atoms with E-state index in [1.165, 1.54) is 34.3 Å². The molecule has 3 heterocycles. The normalized spacial score (nSPS) is 16.4. The van der Waals surface area contributed by atoms with Crippen LogP contribution in [-0.2, 0) is 0 Å². The number of nitrogens with one attached hydrogen (secondary N) is 1. The average Bonchev–Trinajstić information content (AvgIpc) is 3.41. The summed E-state index contributed by atoms with van der Waals surface area (Å²) in [5.41, 5.74) is 3.63. The topological polar surface area (TPSA) is 62.6 Å². The van der Waals surface area contributed by atoms with Crippen LogP contribution in [0.1, 0.15) is 55.8 Å². The maximum atomic E-state index is 13.1. The van der Waals surface area contributed by atoms with E-state index in [0.717, 1.165) is 19.4 Å². The van der Waals surface area contributed by atoms with Crippen LogP contribution in [0.5, 0.6) is 0 Å². The highest BCUT2D eigenvalue weighted by Gasteiger charge is 2.31. The summed E-state index contributed by atoms with van der Waals surface area (Å²) in [6.07, 6.45) is 3.43. The summed E-state index contributed by atoms with van der Waals surface area (Å²) in [5.74, 6) is -0.0546. The predicted molar refractivity (Wildman–Crippen MR) is 110 cm³/mol. The Bertz CT molecular complexity index is 986. The quantitative estimate of drug-likeness (QED) is 0.662. The Morgan fingerprint density at radius 3 is 2.64 bits per heavy atom. The van der Waals surface area contributed by atoms with Gasteiger partial charge >= 0.3 is 0 Å². The molecule has 0 saturated carbocycles. The van der Waals surface area contributed by atoms with Gasteiger partial charge < -0.3 is 14.6 Å². The van der Waals surface area contributed by atoms with Crippen molar-refractivity contribution >= 4 is 28.2 Å². The van der Waals surface area contributed by atoms with Crippen LogP contribution in [0.2, 0.25) is 0 Å². The Morgan fingerprint density at radius 1 is 1.14 bits per heavy atom. The van der Waals surface area contributed by atoms with Crippen LogP contribution in [0.3, 0.4) is 0 Å². The van der Waals surface area contributed by atoms with Gasteiger partial charge in [-0.05, 0) is 56.5 Å². The second-order valence-corrected chi connectivity index (χ2v) is 8.26. The molecule has 0 bridgehead atoms. The number of anilines is 1. The highest BCUT2D eigenvalue weighted by molar-refractivity contribution is 7.18. The van der Waals surface area contributed by atoms with Crippen molar-refractivity contribution in [2.45, 2.75) is 32.7 Å². The largest absolute Gasteiger partial charge is 0.459 e. The standard InChI is InChI=1S/C22H22N2O3S/c1-14-11-15(2)13-16(12-14)17-5-3-9-24(17)22(26)19-7-8-20(28-19)23-21(25)18-6-4-10-27-18/h4,6-8,10-13,17H,3,5,9H2,1-2H3,(H,23,25). The minimum Gasteiger partial charge on any atom is -0.459 e. The summed E-state index contributed by atoms with van der Waals surface area (Å²) in [5, 5.41) is 3.41. The summed E-state index contributed by atoms with van der Waals surface area (Å²) in [4.78, 5) is 27.8. The van der Waals surface area contributed by atoms with Gasteiger partial charge in [0, 0.05) is 6.54 Å². The van der Waals surface area contributed by atoms with Gasteiger partial charge in [0.2, 0.25) is 0 Å². The van der Waals surface area contributed by atoms with Crippen molar-refractivity contribution < 1.29 is 14.0 Å². The Hall–Kier alpha value is -2.86. The van der Waals surface area contributed by atoms with Crippen LogP contribution in [0.4, 0.5) is 5.00 Å². The third kappa shape index (κ3) is 3.73. The van der Waals surface area contributed by atoms with Gasteiger partial charge in [0.1, 0.15) is 0 Å². The first-order valence-corrected chi connectivity index (χ1v) is 10.2. The number of thiophene rings is 1. The van der Waals surface area contributed by atoms with Gasteiger partial charge in [-0.25, -0.2) is 0 Å². The first kappa shape index (κ1) is 18.5.